The summed E-state index contributed by atoms with van der Waals surface area (Å²) in [5.41, 5.74) is 1.77. The number of hydrogen-bond donors (Lipinski definition) is 0. The molecule has 0 aliphatic heterocycles. The molecule has 7 heteroatoms. The molecule has 0 radical (unpaired) electrons. The Bertz CT molecular complexity index is 932. The van der Waals surface area contributed by atoms with Crippen LogP contribution < -0.4 is 0 Å². The zero-order chi connectivity index (χ0) is 18.7. The monoisotopic (exact) mass is 357 g/mol. The number of fused-ring (bicyclic) bond motifs is 1. The molecule has 26 heavy (non-hydrogen) atoms. The topological polar surface area (TPSA) is 78.6 Å². The van der Waals surface area contributed by atoms with E-state index in [2.05, 4.69) is 9.72 Å². The average Bonchev–Trinajstić information content (AvgIpc) is 3.09. The maximum Gasteiger partial charge on any atom is 0.313 e. The van der Waals surface area contributed by atoms with Crippen molar-refractivity contribution in [3.05, 3.63) is 53.8 Å². The van der Waals surface area contributed by atoms with Crippen LogP contribution in [0.15, 0.2) is 46.9 Å². The fourth-order valence-electron chi connectivity index (χ4n) is 2.72. The first-order valence-corrected chi connectivity index (χ1v) is 7.83. The van der Waals surface area contributed by atoms with Crippen molar-refractivity contribution in [3.8, 4) is 11.5 Å². The van der Waals surface area contributed by atoms with E-state index < -0.39 is 23.7 Å². The maximum atomic E-state index is 13.9. The zero-order valence-electron chi connectivity index (χ0n) is 14.2. The number of hydrogen-bond acceptors (Lipinski definition) is 6. The van der Waals surface area contributed by atoms with Gasteiger partial charge in [0.05, 0.1) is 26.6 Å². The van der Waals surface area contributed by atoms with Crippen LogP contribution in [0.4, 0.5) is 4.39 Å². The summed E-state index contributed by atoms with van der Waals surface area (Å²) < 4.78 is 29.0. The molecule has 1 atom stereocenters. The van der Waals surface area contributed by atoms with Crippen molar-refractivity contribution in [2.75, 3.05) is 14.2 Å². The second-order valence-corrected chi connectivity index (χ2v) is 5.57. The Labute approximate surface area is 148 Å². The van der Waals surface area contributed by atoms with Crippen LogP contribution in [0.1, 0.15) is 17.9 Å². The van der Waals surface area contributed by atoms with Crippen molar-refractivity contribution in [1.29, 1.82) is 0 Å². The summed E-state index contributed by atoms with van der Waals surface area (Å²) >= 11 is 0. The van der Waals surface area contributed by atoms with E-state index in [-0.39, 0.29) is 17.9 Å². The Balaban J connectivity index is 2.14. The number of rotatable bonds is 5. The lowest BCUT2D eigenvalue weighted by atomic mass is 9.91. The van der Waals surface area contributed by atoms with Crippen LogP contribution in [-0.4, -0.2) is 31.1 Å². The van der Waals surface area contributed by atoms with E-state index in [0.717, 1.165) is 0 Å². The lowest BCUT2D eigenvalue weighted by Gasteiger charge is -2.16. The molecule has 1 aromatic heterocycles. The van der Waals surface area contributed by atoms with Gasteiger partial charge >= 0.3 is 11.9 Å². The lowest BCUT2D eigenvalue weighted by molar-refractivity contribution is -0.149. The van der Waals surface area contributed by atoms with Gasteiger partial charge in [0.25, 0.3) is 0 Å². The van der Waals surface area contributed by atoms with E-state index in [1.807, 2.05) is 0 Å². The standard InChI is InChI=1S/C19H16FNO5/c1-24-17(22)10-14(19(23)25-2)12-8-7-11(20)9-13(12)18-21-15-5-3-4-6-16(15)26-18/h3-9,14H,10H2,1-2H3. The van der Waals surface area contributed by atoms with E-state index in [1.165, 1.54) is 32.4 Å². The molecule has 0 amide bonds. The number of carbonyl (C=O) groups excluding carboxylic acids is 2. The predicted molar refractivity (Wildman–Crippen MR) is 90.8 cm³/mol. The molecule has 0 aliphatic carbocycles. The normalized spacial score (nSPS) is 12.0. The number of para-hydroxylation sites is 2. The number of oxazole rings is 1. The summed E-state index contributed by atoms with van der Waals surface area (Å²) in [6.45, 7) is 0. The second kappa shape index (κ2) is 7.35. The second-order valence-electron chi connectivity index (χ2n) is 5.57. The molecule has 6 nitrogen and oxygen atoms in total. The Kier molecular flexibility index (Phi) is 4.97. The van der Waals surface area contributed by atoms with Gasteiger partial charge in [0.15, 0.2) is 5.58 Å². The maximum absolute atomic E-state index is 13.9. The molecule has 0 fully saturated rings. The van der Waals surface area contributed by atoms with Gasteiger partial charge in [-0.15, -0.1) is 0 Å². The fraction of sp³-hybridized carbons (Fsp3) is 0.211. The number of aromatic nitrogens is 1. The van der Waals surface area contributed by atoms with Gasteiger partial charge in [-0.2, -0.15) is 0 Å². The molecule has 1 unspecified atom stereocenters. The van der Waals surface area contributed by atoms with Crippen molar-refractivity contribution in [2.24, 2.45) is 0 Å². The third-order valence-electron chi connectivity index (χ3n) is 4.00. The van der Waals surface area contributed by atoms with Crippen molar-refractivity contribution in [3.63, 3.8) is 0 Å². The van der Waals surface area contributed by atoms with Crippen molar-refractivity contribution < 1.29 is 27.9 Å². The first-order valence-electron chi connectivity index (χ1n) is 7.83. The van der Waals surface area contributed by atoms with E-state index in [1.54, 1.807) is 24.3 Å². The molecule has 0 saturated carbocycles. The van der Waals surface area contributed by atoms with E-state index in [9.17, 15) is 14.0 Å². The third-order valence-corrected chi connectivity index (χ3v) is 4.00. The van der Waals surface area contributed by atoms with Gasteiger partial charge in [0, 0.05) is 5.56 Å². The highest BCUT2D eigenvalue weighted by molar-refractivity contribution is 5.87. The molecule has 0 N–H and O–H groups in total. The molecule has 3 rings (SSSR count). The van der Waals surface area contributed by atoms with Crippen molar-refractivity contribution in [2.45, 2.75) is 12.3 Å². The van der Waals surface area contributed by atoms with Crippen LogP contribution in [0.3, 0.4) is 0 Å². The number of halogens is 1. The van der Waals surface area contributed by atoms with Gasteiger partial charge < -0.3 is 13.9 Å². The van der Waals surface area contributed by atoms with Crippen molar-refractivity contribution >= 4 is 23.0 Å². The number of benzene rings is 2. The highest BCUT2D eigenvalue weighted by atomic mass is 19.1. The zero-order valence-corrected chi connectivity index (χ0v) is 14.2. The highest BCUT2D eigenvalue weighted by Crippen LogP contribution is 2.34. The van der Waals surface area contributed by atoms with Gasteiger partial charge in [-0.1, -0.05) is 18.2 Å². The molecule has 0 saturated heterocycles. The average molecular weight is 357 g/mol. The van der Waals surface area contributed by atoms with E-state index in [4.69, 9.17) is 9.15 Å². The molecule has 0 spiro atoms. The summed E-state index contributed by atoms with van der Waals surface area (Å²) in [6.07, 6.45) is -0.248. The van der Waals surface area contributed by atoms with E-state index >= 15 is 0 Å². The largest absolute Gasteiger partial charge is 0.469 e. The Hall–Kier alpha value is -3.22. The molecular formula is C19H16FNO5. The van der Waals surface area contributed by atoms with Crippen LogP contribution in [0, 0.1) is 5.82 Å². The molecular weight excluding hydrogens is 341 g/mol. The van der Waals surface area contributed by atoms with Gasteiger partial charge in [0.1, 0.15) is 11.3 Å². The highest BCUT2D eigenvalue weighted by Gasteiger charge is 2.29. The minimum absolute atomic E-state index is 0.152. The van der Waals surface area contributed by atoms with Crippen LogP contribution in [-0.2, 0) is 19.1 Å². The minimum Gasteiger partial charge on any atom is -0.469 e. The summed E-state index contributed by atoms with van der Waals surface area (Å²) in [4.78, 5) is 28.3. The first-order chi connectivity index (χ1) is 12.5. The Morgan fingerprint density at radius 2 is 1.92 bits per heavy atom. The first kappa shape index (κ1) is 17.6. The van der Waals surface area contributed by atoms with Crippen LogP contribution >= 0.6 is 0 Å². The summed E-state index contributed by atoms with van der Waals surface area (Å²) in [6, 6.07) is 10.9. The number of nitrogens with zero attached hydrogens (tertiary/aromatic N) is 1. The van der Waals surface area contributed by atoms with E-state index in [0.29, 0.717) is 16.7 Å². The number of ether oxygens (including phenoxy) is 2. The van der Waals surface area contributed by atoms with Gasteiger partial charge in [0.2, 0.25) is 5.89 Å². The van der Waals surface area contributed by atoms with Crippen molar-refractivity contribution in [1.82, 2.24) is 4.98 Å². The third kappa shape index (κ3) is 3.42. The smallest absolute Gasteiger partial charge is 0.313 e. The predicted octanol–water partition coefficient (Wildman–Crippen LogP) is 3.45. The molecule has 2 aromatic carbocycles. The molecule has 0 aliphatic rings. The molecule has 0 bridgehead atoms. The minimum atomic E-state index is -0.974. The summed E-state index contributed by atoms with van der Waals surface area (Å²) in [7, 11) is 2.44. The Morgan fingerprint density at radius 1 is 1.15 bits per heavy atom. The molecule has 1 heterocycles. The molecule has 3 aromatic rings. The van der Waals surface area contributed by atoms with Gasteiger partial charge in [-0.3, -0.25) is 9.59 Å². The number of esters is 2. The van der Waals surface area contributed by atoms with Gasteiger partial charge in [-0.05, 0) is 29.8 Å². The van der Waals surface area contributed by atoms with Crippen LogP contribution in [0.25, 0.3) is 22.6 Å². The number of carbonyl (C=O) groups is 2. The SMILES string of the molecule is COC(=O)CC(C(=O)OC)c1ccc(F)cc1-c1nc2ccccc2o1. The quantitative estimate of drug-likeness (QED) is 0.651. The fourth-order valence-corrected chi connectivity index (χ4v) is 2.72. The number of methoxy groups -OCH3 is 2. The summed E-state index contributed by atoms with van der Waals surface area (Å²) in [5.74, 6) is -2.57. The van der Waals surface area contributed by atoms with Gasteiger partial charge in [-0.25, -0.2) is 9.37 Å². The molecule has 134 valence electrons. The van der Waals surface area contributed by atoms with Crippen LogP contribution in [0.2, 0.25) is 0 Å². The van der Waals surface area contributed by atoms with Crippen LogP contribution in [0.5, 0.6) is 0 Å². The Morgan fingerprint density at radius 3 is 2.62 bits per heavy atom. The lowest BCUT2D eigenvalue weighted by Crippen LogP contribution is -2.19. The summed E-state index contributed by atoms with van der Waals surface area (Å²) in [5, 5.41) is 0.